The molecule has 0 spiro atoms. The molecule has 0 aliphatic carbocycles. The number of carbonyl (C=O) groups excluding carboxylic acids is 1. The third-order valence-electron chi connectivity index (χ3n) is 5.11. The molecule has 2 aromatic carbocycles. The standard InChI is InChI=1S/C25H24N4O3S/c1-17-3-5-18(6-4-17)15-29-23(30)12-11-22(28-29)24(31)26-14-13-20-16-33-25(27-20)19-7-9-21(32-2)10-8-19/h3-12,16H,13-15H2,1-2H3,(H,26,31). The van der Waals surface area contributed by atoms with Gasteiger partial charge in [-0.25, -0.2) is 9.67 Å². The Kier molecular flexibility index (Phi) is 6.95. The van der Waals surface area contributed by atoms with E-state index < -0.39 is 0 Å². The SMILES string of the molecule is COc1ccc(-c2nc(CCNC(=O)c3ccc(=O)n(Cc4ccc(C)cc4)n3)cs2)cc1. The number of ether oxygens (including phenoxy) is 1. The number of methoxy groups -OCH3 is 1. The van der Waals surface area contributed by atoms with Gasteiger partial charge in [-0.1, -0.05) is 29.8 Å². The molecule has 2 heterocycles. The first kappa shape index (κ1) is 22.4. The fraction of sp³-hybridized carbons (Fsp3) is 0.200. The topological polar surface area (TPSA) is 86.1 Å². The predicted molar refractivity (Wildman–Crippen MR) is 129 cm³/mol. The van der Waals surface area contributed by atoms with Gasteiger partial charge in [-0.2, -0.15) is 5.10 Å². The van der Waals surface area contributed by atoms with E-state index in [9.17, 15) is 9.59 Å². The first-order valence-corrected chi connectivity index (χ1v) is 11.4. The van der Waals surface area contributed by atoms with Crippen LogP contribution in [0.25, 0.3) is 10.6 Å². The van der Waals surface area contributed by atoms with Crippen molar-refractivity contribution in [3.8, 4) is 16.3 Å². The Morgan fingerprint density at radius 3 is 2.55 bits per heavy atom. The highest BCUT2D eigenvalue weighted by Crippen LogP contribution is 2.25. The Morgan fingerprint density at radius 2 is 1.82 bits per heavy atom. The number of benzene rings is 2. The summed E-state index contributed by atoms with van der Waals surface area (Å²) in [4.78, 5) is 29.4. The van der Waals surface area contributed by atoms with Gasteiger partial charge in [0.1, 0.15) is 16.5 Å². The van der Waals surface area contributed by atoms with Gasteiger partial charge < -0.3 is 10.1 Å². The van der Waals surface area contributed by atoms with Crippen molar-refractivity contribution in [3.63, 3.8) is 0 Å². The fourth-order valence-corrected chi connectivity index (χ4v) is 4.09. The molecule has 2 aromatic heterocycles. The number of hydrogen-bond acceptors (Lipinski definition) is 6. The zero-order valence-electron chi connectivity index (χ0n) is 18.4. The highest BCUT2D eigenvalue weighted by Gasteiger charge is 2.11. The molecule has 1 N–H and O–H groups in total. The number of amides is 1. The molecule has 33 heavy (non-hydrogen) atoms. The lowest BCUT2D eigenvalue weighted by atomic mass is 10.1. The highest BCUT2D eigenvalue weighted by atomic mass is 32.1. The van der Waals surface area contributed by atoms with Gasteiger partial charge in [-0.15, -0.1) is 11.3 Å². The molecule has 0 saturated carbocycles. The number of nitrogens with one attached hydrogen (secondary N) is 1. The number of aryl methyl sites for hydroxylation is 1. The third-order valence-corrected chi connectivity index (χ3v) is 6.05. The van der Waals surface area contributed by atoms with Gasteiger partial charge in [0.25, 0.3) is 11.5 Å². The minimum absolute atomic E-state index is 0.207. The lowest BCUT2D eigenvalue weighted by molar-refractivity contribution is 0.0946. The molecular weight excluding hydrogens is 436 g/mol. The normalized spacial score (nSPS) is 10.7. The van der Waals surface area contributed by atoms with Crippen molar-refractivity contribution in [1.29, 1.82) is 0 Å². The predicted octanol–water partition coefficient (Wildman–Crippen LogP) is 3.70. The largest absolute Gasteiger partial charge is 0.497 e. The summed E-state index contributed by atoms with van der Waals surface area (Å²) in [5.41, 5.74) is 3.98. The summed E-state index contributed by atoms with van der Waals surface area (Å²) in [5, 5.41) is 10.0. The van der Waals surface area contributed by atoms with E-state index in [0.29, 0.717) is 19.5 Å². The summed E-state index contributed by atoms with van der Waals surface area (Å²) in [5.74, 6) is 0.482. The first-order valence-electron chi connectivity index (χ1n) is 10.5. The Labute approximate surface area is 195 Å². The summed E-state index contributed by atoms with van der Waals surface area (Å²) in [6.45, 7) is 2.74. The second-order valence-electron chi connectivity index (χ2n) is 7.58. The van der Waals surface area contributed by atoms with Crippen LogP contribution in [0, 0.1) is 6.92 Å². The molecule has 0 fully saturated rings. The summed E-state index contributed by atoms with van der Waals surface area (Å²) in [6, 6.07) is 18.4. The second kappa shape index (κ2) is 10.2. The molecule has 0 radical (unpaired) electrons. The van der Waals surface area contributed by atoms with Crippen molar-refractivity contribution in [1.82, 2.24) is 20.1 Å². The van der Waals surface area contributed by atoms with Crippen molar-refractivity contribution in [2.24, 2.45) is 0 Å². The van der Waals surface area contributed by atoms with Crippen molar-refractivity contribution in [2.45, 2.75) is 19.9 Å². The van der Waals surface area contributed by atoms with Gasteiger partial charge in [0.05, 0.1) is 19.3 Å². The van der Waals surface area contributed by atoms with Gasteiger partial charge in [-0.3, -0.25) is 9.59 Å². The van der Waals surface area contributed by atoms with Gasteiger partial charge >= 0.3 is 0 Å². The van der Waals surface area contributed by atoms with E-state index in [0.717, 1.165) is 33.1 Å². The van der Waals surface area contributed by atoms with Crippen LogP contribution in [0.4, 0.5) is 0 Å². The number of carbonyl (C=O) groups is 1. The van der Waals surface area contributed by atoms with Gasteiger partial charge in [0.15, 0.2) is 0 Å². The lowest BCUT2D eigenvalue weighted by Gasteiger charge is -2.08. The Morgan fingerprint density at radius 1 is 1.06 bits per heavy atom. The summed E-state index contributed by atoms with van der Waals surface area (Å²) < 4.78 is 6.50. The maximum Gasteiger partial charge on any atom is 0.271 e. The molecule has 1 amide bonds. The maximum absolute atomic E-state index is 12.6. The number of nitrogens with zero attached hydrogens (tertiary/aromatic N) is 3. The van der Waals surface area contributed by atoms with Crippen LogP contribution < -0.4 is 15.6 Å². The van der Waals surface area contributed by atoms with Crippen LogP contribution in [0.3, 0.4) is 0 Å². The van der Waals surface area contributed by atoms with E-state index in [2.05, 4.69) is 15.4 Å². The molecule has 0 atom stereocenters. The van der Waals surface area contributed by atoms with Crippen molar-refractivity contribution < 1.29 is 9.53 Å². The minimum Gasteiger partial charge on any atom is -0.497 e. The molecule has 0 aliphatic heterocycles. The average molecular weight is 461 g/mol. The van der Waals surface area contributed by atoms with Crippen LogP contribution in [0.5, 0.6) is 5.75 Å². The number of rotatable bonds is 8. The molecular formula is C25H24N4O3S. The monoisotopic (exact) mass is 460 g/mol. The van der Waals surface area contributed by atoms with Crippen LogP contribution >= 0.6 is 11.3 Å². The summed E-state index contributed by atoms with van der Waals surface area (Å²) >= 11 is 1.56. The van der Waals surface area contributed by atoms with Crippen molar-refractivity contribution >= 4 is 17.2 Å². The fourth-order valence-electron chi connectivity index (χ4n) is 3.23. The van der Waals surface area contributed by atoms with Crippen LogP contribution in [-0.2, 0) is 13.0 Å². The molecule has 0 bridgehead atoms. The van der Waals surface area contributed by atoms with E-state index in [1.165, 1.54) is 16.8 Å². The molecule has 168 valence electrons. The smallest absolute Gasteiger partial charge is 0.271 e. The Bertz CT molecular complexity index is 1290. The van der Waals surface area contributed by atoms with E-state index in [-0.39, 0.29) is 17.2 Å². The van der Waals surface area contributed by atoms with Crippen LogP contribution in [0.15, 0.2) is 70.8 Å². The van der Waals surface area contributed by atoms with E-state index in [1.807, 2.05) is 60.8 Å². The Hall–Kier alpha value is -3.78. The van der Waals surface area contributed by atoms with Crippen LogP contribution in [0.2, 0.25) is 0 Å². The number of aromatic nitrogens is 3. The molecule has 0 unspecified atom stereocenters. The molecule has 4 rings (SSSR count). The molecule has 0 aliphatic rings. The third kappa shape index (κ3) is 5.72. The van der Waals surface area contributed by atoms with Gasteiger partial charge in [-0.05, 0) is 42.8 Å². The second-order valence-corrected chi connectivity index (χ2v) is 8.44. The van der Waals surface area contributed by atoms with Crippen molar-refractivity contribution in [3.05, 3.63) is 98.9 Å². The summed E-state index contributed by atoms with van der Waals surface area (Å²) in [6.07, 6.45) is 0.599. The summed E-state index contributed by atoms with van der Waals surface area (Å²) in [7, 11) is 1.64. The molecule has 7 nitrogen and oxygen atoms in total. The minimum atomic E-state index is -0.321. The Balaban J connectivity index is 1.35. The van der Waals surface area contributed by atoms with Crippen LogP contribution in [-0.4, -0.2) is 34.3 Å². The first-order chi connectivity index (χ1) is 16.0. The van der Waals surface area contributed by atoms with Crippen LogP contribution in [0.1, 0.15) is 27.3 Å². The quantitative estimate of drug-likeness (QED) is 0.433. The molecule has 4 aromatic rings. The van der Waals surface area contributed by atoms with E-state index >= 15 is 0 Å². The average Bonchev–Trinajstić information content (AvgIpc) is 3.31. The van der Waals surface area contributed by atoms with Crippen molar-refractivity contribution in [2.75, 3.05) is 13.7 Å². The van der Waals surface area contributed by atoms with Gasteiger partial charge in [0, 0.05) is 30.0 Å². The van der Waals surface area contributed by atoms with Gasteiger partial charge in [0.2, 0.25) is 0 Å². The van der Waals surface area contributed by atoms with E-state index in [1.54, 1.807) is 18.4 Å². The zero-order valence-corrected chi connectivity index (χ0v) is 19.3. The number of thiazole rings is 1. The highest BCUT2D eigenvalue weighted by molar-refractivity contribution is 7.13. The van der Waals surface area contributed by atoms with E-state index in [4.69, 9.17) is 4.74 Å². The maximum atomic E-state index is 12.6. The number of hydrogen-bond donors (Lipinski definition) is 1. The molecule has 0 saturated heterocycles. The zero-order chi connectivity index (χ0) is 23.2. The lowest BCUT2D eigenvalue weighted by Crippen LogP contribution is -2.31. The molecule has 8 heteroatoms.